The quantitative estimate of drug-likeness (QED) is 0.313. The number of likely N-dealkylation sites (tertiary alicyclic amines) is 1. The van der Waals surface area contributed by atoms with Gasteiger partial charge in [0.15, 0.2) is 16.7 Å². The van der Waals surface area contributed by atoms with Crippen molar-refractivity contribution in [3.8, 4) is 0 Å². The smallest absolute Gasteiger partial charge is 0.328 e. The molecule has 2 N–H and O–H groups in total. The van der Waals surface area contributed by atoms with Gasteiger partial charge in [-0.25, -0.2) is 18.6 Å². The van der Waals surface area contributed by atoms with Crippen molar-refractivity contribution in [3.63, 3.8) is 0 Å². The topological polar surface area (TPSA) is 147 Å². The lowest BCUT2D eigenvalue weighted by molar-refractivity contribution is -0.154. The number of hydrogen-bond acceptors (Lipinski definition) is 9. The van der Waals surface area contributed by atoms with Gasteiger partial charge in [0, 0.05) is 12.5 Å². The van der Waals surface area contributed by atoms with Crippen LogP contribution in [0.2, 0.25) is 0 Å². The van der Waals surface area contributed by atoms with Gasteiger partial charge in [-0.05, 0) is 13.8 Å². The van der Waals surface area contributed by atoms with E-state index >= 15 is 0 Å². The van der Waals surface area contributed by atoms with Gasteiger partial charge >= 0.3 is 6.03 Å². The van der Waals surface area contributed by atoms with E-state index in [1.807, 2.05) is 0 Å². The van der Waals surface area contributed by atoms with Crippen molar-refractivity contribution in [1.29, 1.82) is 0 Å². The number of fused-ring (bicyclic) bond motifs is 5. The molecule has 6 heterocycles. The summed E-state index contributed by atoms with van der Waals surface area (Å²) in [6.07, 6.45) is -1.44. The Morgan fingerprint density at radius 1 is 1.17 bits per heavy atom. The maximum atomic E-state index is 13.3. The highest BCUT2D eigenvalue weighted by Crippen LogP contribution is 2.49. The molecule has 3 fully saturated rings. The van der Waals surface area contributed by atoms with Crippen LogP contribution in [0.5, 0.6) is 0 Å². The van der Waals surface area contributed by atoms with Crippen molar-refractivity contribution in [2.24, 2.45) is 5.41 Å². The molecule has 3 saturated heterocycles. The highest BCUT2D eigenvalue weighted by molar-refractivity contribution is 6.24. The van der Waals surface area contributed by atoms with Crippen LogP contribution in [-0.2, 0) is 20.7 Å². The van der Waals surface area contributed by atoms with Crippen LogP contribution in [0.15, 0.2) is 10.6 Å². The second kappa shape index (κ2) is 7.32. The minimum atomic E-state index is -2.97. The molecule has 0 bridgehead atoms. The third-order valence-electron chi connectivity index (χ3n) is 7.16. The number of pyridine rings is 1. The van der Waals surface area contributed by atoms with Crippen molar-refractivity contribution < 1.29 is 37.2 Å². The van der Waals surface area contributed by atoms with E-state index in [9.17, 15) is 28.0 Å². The Bertz CT molecular complexity index is 1340. The van der Waals surface area contributed by atoms with Crippen LogP contribution in [0.25, 0.3) is 11.1 Å². The Morgan fingerprint density at radius 2 is 1.83 bits per heavy atom. The van der Waals surface area contributed by atoms with E-state index in [2.05, 4.69) is 20.8 Å². The molecular weight excluding hydrogens is 506 g/mol. The molecule has 4 aliphatic rings. The predicted molar refractivity (Wildman–Crippen MR) is 116 cm³/mol. The first-order valence-electron chi connectivity index (χ1n) is 11.1. The van der Waals surface area contributed by atoms with Crippen molar-refractivity contribution in [1.82, 2.24) is 25.7 Å². The first-order valence-corrected chi connectivity index (χ1v) is 11.6. The number of morpholine rings is 1. The number of aromatic nitrogens is 2. The van der Waals surface area contributed by atoms with Gasteiger partial charge < -0.3 is 19.1 Å². The summed E-state index contributed by atoms with van der Waals surface area (Å²) >= 11 is 6.73. The van der Waals surface area contributed by atoms with Crippen molar-refractivity contribution >= 4 is 52.1 Å². The van der Waals surface area contributed by atoms with Gasteiger partial charge in [-0.3, -0.25) is 25.0 Å². The van der Waals surface area contributed by atoms with Crippen LogP contribution in [0.1, 0.15) is 30.0 Å². The summed E-state index contributed by atoms with van der Waals surface area (Å²) in [6.45, 7) is 1.93. The van der Waals surface area contributed by atoms with Gasteiger partial charge in [0.25, 0.3) is 11.8 Å². The number of hydrogen-bond donors (Lipinski definition) is 2. The van der Waals surface area contributed by atoms with E-state index < -0.39 is 71.9 Å². The van der Waals surface area contributed by atoms with E-state index in [0.29, 0.717) is 5.69 Å². The summed E-state index contributed by atoms with van der Waals surface area (Å²) in [4.78, 5) is 58.2. The largest absolute Gasteiger partial charge is 0.370 e. The van der Waals surface area contributed by atoms with Gasteiger partial charge in [-0.2, -0.15) is 0 Å². The van der Waals surface area contributed by atoms with Crippen molar-refractivity contribution in [2.45, 2.75) is 49.9 Å². The maximum absolute atomic E-state index is 13.3. The number of nitrogens with zero attached hydrogens (tertiary/aromatic N) is 4. The zero-order chi connectivity index (χ0) is 25.7. The molecule has 5 amide bonds. The summed E-state index contributed by atoms with van der Waals surface area (Å²) in [5.74, 6) is -5.42. The third-order valence-corrected chi connectivity index (χ3v) is 7.72. The number of carbonyl (C=O) groups is 4. The van der Waals surface area contributed by atoms with Crippen LogP contribution < -0.4 is 15.5 Å². The Balaban J connectivity index is 1.51. The number of alkyl halides is 3. The molecule has 1 spiro atoms. The van der Waals surface area contributed by atoms with Crippen LogP contribution in [0, 0.1) is 5.41 Å². The molecular formula is C21H19ClF2N6O6. The average Bonchev–Trinajstić information content (AvgIpc) is 3.19. The normalized spacial score (nSPS) is 30.4. The van der Waals surface area contributed by atoms with Gasteiger partial charge in [0.05, 0.1) is 42.7 Å². The molecule has 0 saturated carbocycles. The maximum Gasteiger partial charge on any atom is 0.328 e. The zero-order valence-corrected chi connectivity index (χ0v) is 19.6. The Hall–Kier alpha value is -3.39. The molecule has 190 valence electrons. The number of urea groups is 1. The number of ether oxygens (including phenoxy) is 1. The summed E-state index contributed by atoms with van der Waals surface area (Å²) in [5, 5.41) is 8.07. The van der Waals surface area contributed by atoms with Crippen LogP contribution in [0.3, 0.4) is 0 Å². The van der Waals surface area contributed by atoms with E-state index in [4.69, 9.17) is 20.9 Å². The van der Waals surface area contributed by atoms with Gasteiger partial charge in [-0.15, -0.1) is 0 Å². The number of barbiturate groups is 1. The average molecular weight is 525 g/mol. The summed E-state index contributed by atoms with van der Waals surface area (Å²) < 4.78 is 37.9. The number of nitrogens with one attached hydrogen (secondary N) is 2. The van der Waals surface area contributed by atoms with E-state index in [-0.39, 0.29) is 28.9 Å². The highest BCUT2D eigenvalue weighted by Gasteiger charge is 2.64. The fraction of sp³-hybridized carbons (Fsp3) is 0.524. The molecule has 2 aromatic heterocycles. The number of carbonyl (C=O) groups excluding carboxylic acids is 4. The molecule has 4 aliphatic heterocycles. The van der Waals surface area contributed by atoms with Crippen LogP contribution in [0.4, 0.5) is 19.3 Å². The Kier molecular flexibility index (Phi) is 4.68. The molecule has 12 nitrogen and oxygen atoms in total. The lowest BCUT2D eigenvalue weighted by atomic mass is 9.67. The second-order valence-electron chi connectivity index (χ2n) is 9.51. The van der Waals surface area contributed by atoms with Crippen LogP contribution in [-0.4, -0.2) is 81.6 Å². The lowest BCUT2D eigenvalue weighted by Crippen LogP contribution is -2.76. The Labute approximate surface area is 206 Å². The number of rotatable bonds is 1. The molecule has 2 aromatic rings. The number of anilines is 1. The van der Waals surface area contributed by atoms with Gasteiger partial charge in [0.2, 0.25) is 11.8 Å². The second-order valence-corrected chi connectivity index (χ2v) is 9.95. The SMILES string of the molecule is CC1OC(C)C2N(c3cc4onc(C(=O)N5CC(F)(F)C5)c4nc3CC23C(=O)NC(=O)NC3=O)C1Cl. The fourth-order valence-electron chi connectivity index (χ4n) is 5.57. The number of imide groups is 2. The van der Waals surface area contributed by atoms with E-state index in [1.165, 1.54) is 6.07 Å². The monoisotopic (exact) mass is 524 g/mol. The molecule has 4 atom stereocenters. The molecule has 36 heavy (non-hydrogen) atoms. The lowest BCUT2D eigenvalue weighted by Gasteiger charge is -2.56. The molecule has 4 unspecified atom stereocenters. The number of halogens is 3. The summed E-state index contributed by atoms with van der Waals surface area (Å²) in [7, 11) is 0. The molecule has 0 aliphatic carbocycles. The minimum Gasteiger partial charge on any atom is -0.370 e. The number of amides is 5. The van der Waals surface area contributed by atoms with Crippen LogP contribution >= 0.6 is 11.6 Å². The van der Waals surface area contributed by atoms with E-state index in [0.717, 1.165) is 4.90 Å². The van der Waals surface area contributed by atoms with E-state index in [1.54, 1.807) is 18.7 Å². The third kappa shape index (κ3) is 3.00. The molecule has 15 heteroatoms. The molecule has 6 rings (SSSR count). The van der Waals surface area contributed by atoms with Gasteiger partial charge in [0.1, 0.15) is 11.0 Å². The standard InChI is InChI=1S/C21H19ClF2N6O6/c1-7-14-21(17(32)26-19(34)27-18(21)33)4-9-10(30(14)15(22)8(2)35-7)3-11-12(25-9)13(28-36-11)16(31)29-5-20(23,24)6-29/h3,7-8,14-15H,4-6H2,1-2H3,(H2,26,27,32,33,34). The van der Waals surface area contributed by atoms with Gasteiger partial charge in [-0.1, -0.05) is 16.8 Å². The first-order chi connectivity index (χ1) is 16.9. The zero-order valence-electron chi connectivity index (χ0n) is 18.9. The molecule has 0 radical (unpaired) electrons. The predicted octanol–water partition coefficient (Wildman–Crippen LogP) is 0.770. The minimum absolute atomic E-state index is 0.00394. The van der Waals surface area contributed by atoms with Crippen molar-refractivity contribution in [2.75, 3.05) is 18.0 Å². The summed E-state index contributed by atoms with van der Waals surface area (Å²) in [6, 6.07) is -0.325. The fourth-order valence-corrected chi connectivity index (χ4v) is 5.85. The first kappa shape index (κ1) is 23.0. The highest BCUT2D eigenvalue weighted by atomic mass is 35.5. The summed E-state index contributed by atoms with van der Waals surface area (Å²) in [5.41, 5.74) is -2.20. The Morgan fingerprint density at radius 3 is 2.47 bits per heavy atom. The molecule has 0 aromatic carbocycles. The van der Waals surface area contributed by atoms with Crippen molar-refractivity contribution in [3.05, 3.63) is 17.5 Å².